The number of hydrogen-bond donors (Lipinski definition) is 1. The van der Waals surface area contributed by atoms with Gasteiger partial charge in [0.15, 0.2) is 0 Å². The Morgan fingerprint density at radius 2 is 2.00 bits per heavy atom. The summed E-state index contributed by atoms with van der Waals surface area (Å²) in [6.45, 7) is -0.247. The first-order valence-corrected chi connectivity index (χ1v) is 9.28. The van der Waals surface area contributed by atoms with Crippen LogP contribution in [0.2, 0.25) is 5.02 Å². The van der Waals surface area contributed by atoms with Crippen molar-refractivity contribution in [1.82, 2.24) is 19.8 Å². The Kier molecular flexibility index (Phi) is 5.57. The molecule has 0 radical (unpaired) electrons. The highest BCUT2D eigenvalue weighted by atomic mass is 35.5. The molecule has 0 saturated carbocycles. The average molecular weight is 405 g/mol. The van der Waals surface area contributed by atoms with Crippen molar-refractivity contribution in [3.63, 3.8) is 0 Å². The van der Waals surface area contributed by atoms with E-state index >= 15 is 0 Å². The molecule has 0 unspecified atom stereocenters. The standard InChI is InChI=1S/C18H17ClN4O3S/c1-20-15(24)8-22(2)16(25)9-23-10-21-13-7-14(27-17(13)18(23)26)11-3-5-12(19)6-4-11/h3-7,10H,8-9H2,1-2H3,(H,20,24). The number of carbonyl (C=O) groups is 2. The van der Waals surface area contributed by atoms with Crippen molar-refractivity contribution in [2.24, 2.45) is 0 Å². The van der Waals surface area contributed by atoms with Crippen molar-refractivity contribution in [3.05, 3.63) is 52.0 Å². The van der Waals surface area contributed by atoms with E-state index in [0.717, 1.165) is 10.4 Å². The highest BCUT2D eigenvalue weighted by molar-refractivity contribution is 7.22. The second kappa shape index (κ2) is 7.89. The third-order valence-corrected chi connectivity index (χ3v) is 5.44. The third-order valence-electron chi connectivity index (χ3n) is 4.02. The van der Waals surface area contributed by atoms with E-state index in [-0.39, 0.29) is 30.5 Å². The minimum Gasteiger partial charge on any atom is -0.358 e. The van der Waals surface area contributed by atoms with Gasteiger partial charge >= 0.3 is 0 Å². The van der Waals surface area contributed by atoms with E-state index in [9.17, 15) is 14.4 Å². The molecule has 3 rings (SSSR count). The minimum atomic E-state index is -0.351. The van der Waals surface area contributed by atoms with Crippen molar-refractivity contribution in [1.29, 1.82) is 0 Å². The Morgan fingerprint density at radius 1 is 1.30 bits per heavy atom. The maximum atomic E-state index is 12.7. The topological polar surface area (TPSA) is 84.3 Å². The molecule has 7 nitrogen and oxygen atoms in total. The number of hydrogen-bond acceptors (Lipinski definition) is 5. The number of rotatable bonds is 5. The van der Waals surface area contributed by atoms with Crippen LogP contribution in [0.1, 0.15) is 0 Å². The van der Waals surface area contributed by atoms with Crippen LogP contribution in [0.4, 0.5) is 0 Å². The first-order chi connectivity index (χ1) is 12.9. The SMILES string of the molecule is CNC(=O)CN(C)C(=O)Cn1cnc2cc(-c3ccc(Cl)cc3)sc2c1=O. The summed E-state index contributed by atoms with van der Waals surface area (Å²) < 4.78 is 1.73. The molecule has 0 aliphatic heterocycles. The minimum absolute atomic E-state index is 0.0700. The molecule has 0 aliphatic carbocycles. The van der Waals surface area contributed by atoms with Gasteiger partial charge in [-0.2, -0.15) is 0 Å². The summed E-state index contributed by atoms with van der Waals surface area (Å²) in [5.41, 5.74) is 1.24. The molecule has 0 saturated heterocycles. The molecule has 2 aromatic heterocycles. The van der Waals surface area contributed by atoms with Gasteiger partial charge in [0.05, 0.1) is 18.4 Å². The van der Waals surface area contributed by atoms with Crippen molar-refractivity contribution < 1.29 is 9.59 Å². The highest BCUT2D eigenvalue weighted by Gasteiger charge is 2.16. The van der Waals surface area contributed by atoms with Crippen LogP contribution in [0.3, 0.4) is 0 Å². The van der Waals surface area contributed by atoms with Crippen LogP contribution < -0.4 is 10.9 Å². The second-order valence-electron chi connectivity index (χ2n) is 5.93. The van der Waals surface area contributed by atoms with Crippen molar-refractivity contribution in [2.45, 2.75) is 6.54 Å². The fourth-order valence-electron chi connectivity index (χ4n) is 2.46. The smallest absolute Gasteiger partial charge is 0.271 e. The second-order valence-corrected chi connectivity index (χ2v) is 7.42. The number of aromatic nitrogens is 2. The molecule has 0 atom stereocenters. The normalized spacial score (nSPS) is 10.8. The number of halogens is 1. The Hall–Kier alpha value is -2.71. The van der Waals surface area contributed by atoms with Gasteiger partial charge < -0.3 is 10.2 Å². The van der Waals surface area contributed by atoms with Gasteiger partial charge in [-0.15, -0.1) is 11.3 Å². The van der Waals surface area contributed by atoms with Gasteiger partial charge in [-0.1, -0.05) is 23.7 Å². The molecule has 0 aliphatic rings. The van der Waals surface area contributed by atoms with Crippen LogP contribution in [0.5, 0.6) is 0 Å². The average Bonchev–Trinajstić information content (AvgIpc) is 3.09. The highest BCUT2D eigenvalue weighted by Crippen LogP contribution is 2.31. The van der Waals surface area contributed by atoms with Gasteiger partial charge in [-0.3, -0.25) is 19.0 Å². The van der Waals surface area contributed by atoms with E-state index < -0.39 is 0 Å². The van der Waals surface area contributed by atoms with Gasteiger partial charge in [0, 0.05) is 24.0 Å². The summed E-state index contributed by atoms with van der Waals surface area (Å²) in [5, 5.41) is 3.09. The Balaban J connectivity index is 1.87. The van der Waals surface area contributed by atoms with E-state index in [1.54, 1.807) is 12.1 Å². The quantitative estimate of drug-likeness (QED) is 0.704. The Labute approximate surface area is 164 Å². The molecule has 9 heteroatoms. The summed E-state index contributed by atoms with van der Waals surface area (Å²) >= 11 is 7.23. The van der Waals surface area contributed by atoms with E-state index in [1.807, 2.05) is 18.2 Å². The molecule has 3 aromatic rings. The van der Waals surface area contributed by atoms with Gasteiger partial charge in [0.25, 0.3) is 5.56 Å². The lowest BCUT2D eigenvalue weighted by molar-refractivity contribution is -0.135. The van der Waals surface area contributed by atoms with Gasteiger partial charge in [-0.25, -0.2) is 4.98 Å². The van der Waals surface area contributed by atoms with E-state index in [0.29, 0.717) is 15.2 Å². The van der Waals surface area contributed by atoms with Crippen LogP contribution in [-0.2, 0) is 16.1 Å². The lowest BCUT2D eigenvalue weighted by atomic mass is 10.2. The van der Waals surface area contributed by atoms with Crippen LogP contribution in [0.25, 0.3) is 20.7 Å². The fourth-order valence-corrected chi connectivity index (χ4v) is 3.65. The lowest BCUT2D eigenvalue weighted by Crippen LogP contribution is -2.39. The molecule has 1 N–H and O–H groups in total. The molecule has 0 bridgehead atoms. The lowest BCUT2D eigenvalue weighted by Gasteiger charge is -2.16. The monoisotopic (exact) mass is 404 g/mol. The number of thiophene rings is 1. The molecule has 27 heavy (non-hydrogen) atoms. The van der Waals surface area contributed by atoms with Gasteiger partial charge in [-0.05, 0) is 23.8 Å². The zero-order valence-corrected chi connectivity index (χ0v) is 16.3. The molecular formula is C18H17ClN4O3S. The number of carbonyl (C=O) groups excluding carboxylic acids is 2. The van der Waals surface area contributed by atoms with Crippen LogP contribution in [-0.4, -0.2) is 46.9 Å². The van der Waals surface area contributed by atoms with Crippen molar-refractivity contribution >= 4 is 45.0 Å². The summed E-state index contributed by atoms with van der Waals surface area (Å²) in [6.07, 6.45) is 1.36. The molecule has 0 fully saturated rings. The fraction of sp³-hybridized carbons (Fsp3) is 0.222. The zero-order chi connectivity index (χ0) is 19.6. The van der Waals surface area contributed by atoms with Gasteiger partial charge in [0.2, 0.25) is 11.8 Å². The summed E-state index contributed by atoms with van der Waals surface area (Å²) in [7, 11) is 3.01. The van der Waals surface area contributed by atoms with Crippen LogP contribution >= 0.6 is 22.9 Å². The molecule has 1 aromatic carbocycles. The van der Waals surface area contributed by atoms with Crippen molar-refractivity contribution in [2.75, 3.05) is 20.6 Å². The number of nitrogens with zero attached hydrogens (tertiary/aromatic N) is 3. The molecule has 2 heterocycles. The summed E-state index contributed by atoms with van der Waals surface area (Å²) in [4.78, 5) is 42.8. The Bertz CT molecular complexity index is 1060. The molecule has 2 amide bonds. The predicted octanol–water partition coefficient (Wildman–Crippen LogP) is 1.98. The number of nitrogens with one attached hydrogen (secondary N) is 1. The van der Waals surface area contributed by atoms with Crippen LogP contribution in [0.15, 0.2) is 41.5 Å². The van der Waals surface area contributed by atoms with Crippen molar-refractivity contribution in [3.8, 4) is 10.4 Å². The third kappa shape index (κ3) is 4.17. The number of benzene rings is 1. The zero-order valence-electron chi connectivity index (χ0n) is 14.7. The van der Waals surface area contributed by atoms with Crippen LogP contribution in [0, 0.1) is 0 Å². The number of likely N-dealkylation sites (N-methyl/N-ethyl adjacent to an activating group) is 2. The number of fused-ring (bicyclic) bond motifs is 1. The number of amides is 2. The summed E-state index contributed by atoms with van der Waals surface area (Å²) in [6, 6.07) is 9.17. The maximum Gasteiger partial charge on any atom is 0.271 e. The van der Waals surface area contributed by atoms with E-state index in [1.165, 1.54) is 41.2 Å². The first kappa shape index (κ1) is 19.1. The predicted molar refractivity (Wildman–Crippen MR) is 106 cm³/mol. The summed E-state index contributed by atoms with van der Waals surface area (Å²) in [5.74, 6) is -0.631. The molecule has 140 valence electrons. The van der Waals surface area contributed by atoms with E-state index in [4.69, 9.17) is 11.6 Å². The molecular weight excluding hydrogens is 388 g/mol. The largest absolute Gasteiger partial charge is 0.358 e. The maximum absolute atomic E-state index is 12.7. The molecule has 0 spiro atoms. The Morgan fingerprint density at radius 3 is 2.67 bits per heavy atom. The first-order valence-electron chi connectivity index (χ1n) is 8.08. The van der Waals surface area contributed by atoms with Gasteiger partial charge in [0.1, 0.15) is 11.2 Å². The van der Waals surface area contributed by atoms with E-state index in [2.05, 4.69) is 10.3 Å².